The normalized spacial score (nSPS) is 10.7. The van der Waals surface area contributed by atoms with Gasteiger partial charge in [0.1, 0.15) is 10.6 Å². The van der Waals surface area contributed by atoms with Crippen LogP contribution in [0.2, 0.25) is 0 Å². The number of para-hydroxylation sites is 2. The molecule has 0 atom stereocenters. The van der Waals surface area contributed by atoms with Gasteiger partial charge in [-0.15, -0.1) is 0 Å². The number of aromatic carboxylic acids is 1. The second-order valence-corrected chi connectivity index (χ2v) is 13.5. The number of primary sulfonamides is 1. The number of hydrogen-bond donors (Lipinski definition) is 7. The van der Waals surface area contributed by atoms with Gasteiger partial charge >= 0.3 is 17.3 Å². The van der Waals surface area contributed by atoms with E-state index >= 15 is 0 Å². The Hall–Kier alpha value is -6.44. The molecule has 294 valence electrons. The summed E-state index contributed by atoms with van der Waals surface area (Å²) >= 11 is 1.79. The molecular formula is C33H40N10O10S2. The largest absolute Gasteiger partial charge is 0.502 e. The molecule has 0 saturated heterocycles. The number of aromatic nitrogens is 2. The summed E-state index contributed by atoms with van der Waals surface area (Å²) < 4.78 is 29.7. The maximum absolute atomic E-state index is 12.0. The summed E-state index contributed by atoms with van der Waals surface area (Å²) in [4.78, 5) is 40.7. The first-order chi connectivity index (χ1) is 26.1. The molecule has 0 saturated carbocycles. The number of aryl methyl sites for hydroxylation is 1. The third-order valence-corrected chi connectivity index (χ3v) is 8.79. The number of nitro benzene ring substituents is 2. The zero-order valence-electron chi connectivity index (χ0n) is 29.9. The third kappa shape index (κ3) is 14.8. The topological polar surface area (TPSA) is 314 Å². The van der Waals surface area contributed by atoms with Gasteiger partial charge in [0.15, 0.2) is 11.9 Å². The number of sulfonamides is 1. The molecule has 4 aromatic rings. The Labute approximate surface area is 320 Å². The average Bonchev–Trinajstić information content (AvgIpc) is 3.55. The third-order valence-electron chi connectivity index (χ3n) is 6.90. The molecule has 1 heterocycles. The number of phenols is 1. The molecule has 0 unspecified atom stereocenters. The Morgan fingerprint density at radius 1 is 1.13 bits per heavy atom. The highest BCUT2D eigenvalue weighted by molar-refractivity contribution is 7.98. The maximum Gasteiger partial charge on any atom is 0.387 e. The first-order valence-corrected chi connectivity index (χ1v) is 18.8. The van der Waals surface area contributed by atoms with Crippen LogP contribution in [-0.4, -0.2) is 76.3 Å². The van der Waals surface area contributed by atoms with Crippen molar-refractivity contribution in [1.82, 2.24) is 20.6 Å². The second-order valence-electron chi connectivity index (χ2n) is 10.8. The molecular weight excluding hydrogens is 761 g/mol. The van der Waals surface area contributed by atoms with E-state index in [1.54, 1.807) is 55.5 Å². The molecule has 20 nitrogen and oxygen atoms in total. The first kappa shape index (κ1) is 44.7. The molecule has 0 fully saturated rings. The fraction of sp³-hybridized carbons (Fsp3) is 0.273. The number of carboxylic acids is 1. The SMILES string of the molecule is CCCCNc1cc(C(=O)O)cc(S(N)(=O)=O)c1Oc1ccccc1.CN=C(NC#N)NCCSCc1nc[nH]c1C.O=[N+]([O-])c1cccc(O)c1[N+](=O)[O-]. The number of hydrogen-bond acceptors (Lipinski definition) is 14. The lowest BCUT2D eigenvalue weighted by Gasteiger charge is -2.17. The van der Waals surface area contributed by atoms with E-state index in [1.807, 2.05) is 20.0 Å². The molecule has 3 aromatic carbocycles. The summed E-state index contributed by atoms with van der Waals surface area (Å²) in [6, 6.07) is 14.1. The molecule has 0 aliphatic heterocycles. The minimum atomic E-state index is -4.19. The van der Waals surface area contributed by atoms with E-state index < -0.39 is 43.0 Å². The number of phenolic OH excluding ortho intramolecular Hbond substituents is 1. The molecule has 55 heavy (non-hydrogen) atoms. The number of nitriles is 1. The molecule has 1 aromatic heterocycles. The van der Waals surface area contributed by atoms with Crippen molar-refractivity contribution in [1.29, 1.82) is 5.26 Å². The molecule has 0 radical (unpaired) electrons. The Balaban J connectivity index is 0.000000303. The zero-order chi connectivity index (χ0) is 41.0. The molecule has 0 spiro atoms. The van der Waals surface area contributed by atoms with Crippen molar-refractivity contribution >= 4 is 50.8 Å². The van der Waals surface area contributed by atoms with Gasteiger partial charge in [-0.2, -0.15) is 17.0 Å². The Morgan fingerprint density at radius 2 is 1.84 bits per heavy atom. The van der Waals surface area contributed by atoms with Crippen molar-refractivity contribution in [3.05, 3.63) is 104 Å². The number of aromatic amines is 1. The van der Waals surface area contributed by atoms with Crippen LogP contribution >= 0.6 is 11.8 Å². The number of guanidine groups is 1. The van der Waals surface area contributed by atoms with E-state index in [1.165, 1.54) is 12.1 Å². The van der Waals surface area contributed by atoms with E-state index in [4.69, 9.17) is 20.2 Å². The summed E-state index contributed by atoms with van der Waals surface area (Å²) in [5.41, 5.74) is 0.684. The van der Waals surface area contributed by atoms with Gasteiger partial charge in [0.2, 0.25) is 21.7 Å². The molecule has 8 N–H and O–H groups in total. The lowest BCUT2D eigenvalue weighted by Crippen LogP contribution is -2.35. The monoisotopic (exact) mass is 800 g/mol. The van der Waals surface area contributed by atoms with Gasteiger partial charge in [0, 0.05) is 43.4 Å². The van der Waals surface area contributed by atoms with Crippen molar-refractivity contribution < 1.29 is 38.0 Å². The predicted octanol–water partition coefficient (Wildman–Crippen LogP) is 4.84. The van der Waals surface area contributed by atoms with Gasteiger partial charge < -0.3 is 30.6 Å². The van der Waals surface area contributed by atoms with E-state index in [-0.39, 0.29) is 21.9 Å². The number of imidazole rings is 1. The van der Waals surface area contributed by atoms with Crippen molar-refractivity contribution in [2.75, 3.05) is 31.2 Å². The highest BCUT2D eigenvalue weighted by Crippen LogP contribution is 2.37. The van der Waals surface area contributed by atoms with Crippen LogP contribution in [0.15, 0.2) is 76.9 Å². The van der Waals surface area contributed by atoms with Crippen LogP contribution in [0.5, 0.6) is 17.2 Å². The number of anilines is 1. The number of aromatic hydroxyl groups is 1. The lowest BCUT2D eigenvalue weighted by molar-refractivity contribution is -0.423. The minimum Gasteiger partial charge on any atom is -0.502 e. The van der Waals surface area contributed by atoms with Crippen LogP contribution < -0.4 is 25.8 Å². The lowest BCUT2D eigenvalue weighted by atomic mass is 10.1. The number of nitrogens with zero attached hydrogens (tertiary/aromatic N) is 5. The fourth-order valence-corrected chi connectivity index (χ4v) is 5.79. The predicted molar refractivity (Wildman–Crippen MR) is 206 cm³/mol. The van der Waals surface area contributed by atoms with E-state index in [0.717, 1.165) is 60.5 Å². The number of ether oxygens (including phenoxy) is 1. The van der Waals surface area contributed by atoms with Crippen LogP contribution in [0.1, 0.15) is 41.5 Å². The number of carboxylic acid groups (broad SMARTS) is 1. The van der Waals surface area contributed by atoms with Crippen molar-refractivity contribution in [3.63, 3.8) is 0 Å². The highest BCUT2D eigenvalue weighted by atomic mass is 32.2. The van der Waals surface area contributed by atoms with Gasteiger partial charge in [-0.3, -0.25) is 30.5 Å². The van der Waals surface area contributed by atoms with E-state index in [0.29, 0.717) is 18.3 Å². The number of nitro groups is 2. The number of benzene rings is 3. The van der Waals surface area contributed by atoms with Crippen molar-refractivity contribution in [2.24, 2.45) is 10.1 Å². The molecule has 0 amide bonds. The van der Waals surface area contributed by atoms with Crippen LogP contribution in [0, 0.1) is 38.6 Å². The van der Waals surface area contributed by atoms with E-state index in [2.05, 4.69) is 30.9 Å². The van der Waals surface area contributed by atoms with Crippen LogP contribution in [0.4, 0.5) is 17.1 Å². The van der Waals surface area contributed by atoms with Gasteiger partial charge in [0.25, 0.3) is 0 Å². The molecule has 22 heteroatoms. The number of thioether (sulfide) groups is 1. The fourth-order valence-electron chi connectivity index (χ4n) is 4.21. The van der Waals surface area contributed by atoms with Crippen molar-refractivity contribution in [3.8, 4) is 23.4 Å². The number of nitrogens with two attached hydrogens (primary N) is 1. The Bertz CT molecular complexity index is 2090. The number of H-pyrrole nitrogens is 1. The van der Waals surface area contributed by atoms with Gasteiger partial charge in [0.05, 0.1) is 33.1 Å². The smallest absolute Gasteiger partial charge is 0.387 e. The van der Waals surface area contributed by atoms with Gasteiger partial charge in [-0.05, 0) is 43.7 Å². The Kier molecular flexibility index (Phi) is 18.4. The second kappa shape index (κ2) is 22.6. The Morgan fingerprint density at radius 3 is 2.36 bits per heavy atom. The van der Waals surface area contributed by atoms with Crippen LogP contribution in [0.25, 0.3) is 0 Å². The summed E-state index contributed by atoms with van der Waals surface area (Å²) in [6.45, 7) is 5.32. The molecule has 0 aliphatic carbocycles. The van der Waals surface area contributed by atoms with E-state index in [9.17, 15) is 38.5 Å². The average molecular weight is 801 g/mol. The summed E-state index contributed by atoms with van der Waals surface area (Å²) in [5.74, 6) is 0.751. The first-order valence-electron chi connectivity index (χ1n) is 16.1. The summed E-state index contributed by atoms with van der Waals surface area (Å²) in [6.07, 6.45) is 5.28. The number of nitrogens with one attached hydrogen (secondary N) is 4. The molecule has 4 rings (SSSR count). The summed E-state index contributed by atoms with van der Waals surface area (Å²) in [7, 11) is -2.56. The minimum absolute atomic E-state index is 0.0187. The molecule has 0 aliphatic rings. The number of rotatable bonds is 15. The van der Waals surface area contributed by atoms with Crippen LogP contribution in [-0.2, 0) is 15.8 Å². The number of aliphatic imine (C=N–C) groups is 1. The maximum atomic E-state index is 12.0. The molecule has 0 bridgehead atoms. The quantitative estimate of drug-likeness (QED) is 0.0161. The van der Waals surface area contributed by atoms with Crippen molar-refractivity contribution in [2.45, 2.75) is 37.3 Å². The number of carbonyl (C=O) groups is 1. The van der Waals surface area contributed by atoms with Gasteiger partial charge in [-0.1, -0.05) is 37.6 Å². The number of unbranched alkanes of at least 4 members (excludes halogenated alkanes) is 1. The summed E-state index contributed by atoms with van der Waals surface area (Å²) in [5, 5.41) is 61.0. The standard InChI is InChI=1S/C17H20N2O5S.C10H16N6S.C6H4N2O5/c1-2-3-9-19-14-10-12(17(20)21)11-15(25(18,22)23)16(14)24-13-7-5-4-6-8-13;1-8-9(16-7-15-8)5-17-4-3-13-10(12-2)14-6-11;9-5-3-1-2-4(7(10)11)6(5)8(12)13/h4-8,10-11,19H,2-3,9H2,1H3,(H,20,21)(H2,18,22,23);7H,3-5H2,1-2H3,(H,15,16)(H2,12,13,14);1-3,9H. The van der Waals surface area contributed by atoms with Gasteiger partial charge in [-0.25, -0.2) is 23.3 Å². The zero-order valence-corrected chi connectivity index (χ0v) is 31.5. The highest BCUT2D eigenvalue weighted by Gasteiger charge is 2.28. The van der Waals surface area contributed by atoms with Crippen LogP contribution in [0.3, 0.4) is 0 Å².